The summed E-state index contributed by atoms with van der Waals surface area (Å²) in [6, 6.07) is 20.6. The van der Waals surface area contributed by atoms with E-state index in [-0.39, 0.29) is 12.4 Å². The van der Waals surface area contributed by atoms with Crippen LogP contribution in [0.4, 0.5) is 10.3 Å². The summed E-state index contributed by atoms with van der Waals surface area (Å²) >= 11 is 6.14. The number of halogens is 2. The molecule has 32 heavy (non-hydrogen) atoms. The Kier molecular flexibility index (Phi) is 5.15. The number of nitrogens with one attached hydrogen (secondary N) is 1. The summed E-state index contributed by atoms with van der Waals surface area (Å²) in [5, 5.41) is 3.90. The van der Waals surface area contributed by atoms with E-state index in [4.69, 9.17) is 21.3 Å². The highest BCUT2D eigenvalue weighted by atomic mass is 35.5. The van der Waals surface area contributed by atoms with Crippen LogP contribution >= 0.6 is 11.6 Å². The highest BCUT2D eigenvalue weighted by Crippen LogP contribution is 2.42. The van der Waals surface area contributed by atoms with Gasteiger partial charge in [-0.15, -0.1) is 0 Å². The molecule has 0 bridgehead atoms. The van der Waals surface area contributed by atoms with Gasteiger partial charge in [-0.05, 0) is 66.6 Å². The number of carbonyl (C=O) groups is 1. The smallest absolute Gasteiger partial charge is 0.338 e. The van der Waals surface area contributed by atoms with E-state index >= 15 is 0 Å². The molecule has 0 unspecified atom stereocenters. The minimum atomic E-state index is -0.519. The van der Waals surface area contributed by atoms with Crippen LogP contribution in [-0.2, 0) is 9.53 Å². The number of ether oxygens (including phenoxy) is 1. The van der Waals surface area contributed by atoms with Gasteiger partial charge >= 0.3 is 5.97 Å². The number of para-hydroxylation sites is 2. The Morgan fingerprint density at radius 1 is 1.09 bits per heavy atom. The molecule has 5 rings (SSSR count). The molecule has 160 valence electrons. The molecule has 2 heterocycles. The third-order valence-electron chi connectivity index (χ3n) is 5.45. The number of hydrogen-bond donors (Lipinski definition) is 1. The summed E-state index contributed by atoms with van der Waals surface area (Å²) < 4.78 is 21.1. The summed E-state index contributed by atoms with van der Waals surface area (Å²) in [7, 11) is 0. The van der Waals surface area contributed by atoms with Gasteiger partial charge in [-0.2, -0.15) is 0 Å². The fourth-order valence-corrected chi connectivity index (χ4v) is 4.19. The van der Waals surface area contributed by atoms with E-state index in [1.165, 1.54) is 12.1 Å². The van der Waals surface area contributed by atoms with Crippen molar-refractivity contribution in [1.82, 2.24) is 9.55 Å². The number of imidazole rings is 1. The lowest BCUT2D eigenvalue weighted by molar-refractivity contribution is -0.138. The molecule has 5 nitrogen and oxygen atoms in total. The fraction of sp³-hybridized carbons (Fsp3) is 0.120. The molecule has 0 radical (unpaired) electrons. The molecule has 0 fully saturated rings. The van der Waals surface area contributed by atoms with Crippen molar-refractivity contribution in [2.75, 3.05) is 11.9 Å². The molecule has 1 atom stereocenters. The number of nitrogens with zero attached hydrogens (tertiary/aromatic N) is 2. The van der Waals surface area contributed by atoms with Crippen molar-refractivity contribution in [2.45, 2.75) is 13.0 Å². The Hall–Kier alpha value is -3.64. The maximum Gasteiger partial charge on any atom is 0.338 e. The largest absolute Gasteiger partial charge is 0.463 e. The monoisotopic (exact) mass is 447 g/mol. The number of benzene rings is 3. The van der Waals surface area contributed by atoms with Crippen LogP contribution in [0.2, 0.25) is 5.02 Å². The molecule has 0 spiro atoms. The van der Waals surface area contributed by atoms with Gasteiger partial charge in [0.15, 0.2) is 0 Å². The van der Waals surface area contributed by atoms with Crippen LogP contribution in [0, 0.1) is 5.82 Å². The first-order valence-corrected chi connectivity index (χ1v) is 10.6. The second-order valence-electron chi connectivity index (χ2n) is 7.39. The van der Waals surface area contributed by atoms with E-state index in [1.807, 2.05) is 41.0 Å². The van der Waals surface area contributed by atoms with Crippen molar-refractivity contribution >= 4 is 40.2 Å². The average Bonchev–Trinajstić information content (AvgIpc) is 3.17. The standard InChI is InChI=1S/C25H19ClFN3O2/c1-2-32-24(31)21-22(15-9-13-18(27)14-10-15)29-25-28-19-5-3-4-6-20(19)30(25)23(21)16-7-11-17(26)12-8-16/h3-14,23H,2H2,1H3,(H,28,29)/t23-/m0/s1. The topological polar surface area (TPSA) is 56.1 Å². The van der Waals surface area contributed by atoms with E-state index in [9.17, 15) is 9.18 Å². The zero-order valence-corrected chi connectivity index (χ0v) is 17.9. The van der Waals surface area contributed by atoms with Gasteiger partial charge in [0.1, 0.15) is 5.82 Å². The van der Waals surface area contributed by atoms with Crippen LogP contribution in [0.15, 0.2) is 78.4 Å². The molecule has 0 saturated heterocycles. The van der Waals surface area contributed by atoms with E-state index in [1.54, 1.807) is 31.2 Å². The SMILES string of the molecule is CCOC(=O)C1=C(c2ccc(F)cc2)Nc2nc3ccccc3n2[C@H]1c1ccc(Cl)cc1. The maximum atomic E-state index is 13.6. The molecular weight excluding hydrogens is 429 g/mol. The van der Waals surface area contributed by atoms with Crippen molar-refractivity contribution in [3.8, 4) is 0 Å². The van der Waals surface area contributed by atoms with Crippen molar-refractivity contribution < 1.29 is 13.9 Å². The van der Waals surface area contributed by atoms with Gasteiger partial charge in [-0.25, -0.2) is 14.2 Å². The van der Waals surface area contributed by atoms with Gasteiger partial charge < -0.3 is 10.1 Å². The lowest BCUT2D eigenvalue weighted by Gasteiger charge is -2.31. The normalized spacial score (nSPS) is 15.4. The van der Waals surface area contributed by atoms with Gasteiger partial charge in [0.05, 0.1) is 35.0 Å². The van der Waals surface area contributed by atoms with Crippen molar-refractivity contribution in [3.05, 3.63) is 100 Å². The van der Waals surface area contributed by atoms with Gasteiger partial charge in [-0.3, -0.25) is 4.57 Å². The number of esters is 1. The van der Waals surface area contributed by atoms with E-state index in [2.05, 4.69) is 5.32 Å². The molecular formula is C25H19ClFN3O2. The Morgan fingerprint density at radius 2 is 1.81 bits per heavy atom. The van der Waals surface area contributed by atoms with Crippen LogP contribution < -0.4 is 5.32 Å². The Morgan fingerprint density at radius 3 is 2.53 bits per heavy atom. The number of rotatable bonds is 4. The second-order valence-corrected chi connectivity index (χ2v) is 7.83. The van der Waals surface area contributed by atoms with E-state index in [0.29, 0.717) is 27.8 Å². The Balaban J connectivity index is 1.82. The first-order valence-electron chi connectivity index (χ1n) is 10.2. The van der Waals surface area contributed by atoms with Crippen molar-refractivity contribution in [1.29, 1.82) is 0 Å². The molecule has 0 saturated carbocycles. The van der Waals surface area contributed by atoms with Crippen LogP contribution in [0.5, 0.6) is 0 Å². The first-order chi connectivity index (χ1) is 15.6. The third kappa shape index (κ3) is 3.42. The number of anilines is 1. The number of hydrogen-bond acceptors (Lipinski definition) is 4. The summed E-state index contributed by atoms with van der Waals surface area (Å²) in [4.78, 5) is 18.1. The zero-order valence-electron chi connectivity index (χ0n) is 17.2. The molecule has 4 aromatic rings. The van der Waals surface area contributed by atoms with Crippen LogP contribution in [0.3, 0.4) is 0 Å². The molecule has 1 N–H and O–H groups in total. The van der Waals surface area contributed by atoms with Crippen molar-refractivity contribution in [2.24, 2.45) is 0 Å². The van der Waals surface area contributed by atoms with Gasteiger partial charge in [0, 0.05) is 5.02 Å². The first kappa shape index (κ1) is 20.3. The van der Waals surface area contributed by atoms with Crippen LogP contribution in [-0.4, -0.2) is 22.1 Å². The molecule has 1 aromatic heterocycles. The van der Waals surface area contributed by atoms with Gasteiger partial charge in [0.25, 0.3) is 0 Å². The quantitative estimate of drug-likeness (QED) is 0.400. The summed E-state index contributed by atoms with van der Waals surface area (Å²) in [5.41, 5.74) is 4.12. The average molecular weight is 448 g/mol. The number of carbonyl (C=O) groups excluding carboxylic acids is 1. The number of fused-ring (bicyclic) bond motifs is 3. The van der Waals surface area contributed by atoms with Crippen LogP contribution in [0.1, 0.15) is 24.1 Å². The molecule has 1 aliphatic heterocycles. The second kappa shape index (κ2) is 8.13. The number of aromatic nitrogens is 2. The molecule has 7 heteroatoms. The van der Waals surface area contributed by atoms with Crippen molar-refractivity contribution in [3.63, 3.8) is 0 Å². The minimum Gasteiger partial charge on any atom is -0.463 e. The summed E-state index contributed by atoms with van der Waals surface area (Å²) in [6.07, 6.45) is 0. The third-order valence-corrected chi connectivity index (χ3v) is 5.70. The van der Waals surface area contributed by atoms with E-state index < -0.39 is 12.0 Å². The van der Waals surface area contributed by atoms with E-state index in [0.717, 1.165) is 16.6 Å². The molecule has 0 amide bonds. The lowest BCUT2D eigenvalue weighted by Crippen LogP contribution is -2.29. The highest BCUT2D eigenvalue weighted by molar-refractivity contribution is 6.30. The molecule has 1 aliphatic rings. The van der Waals surface area contributed by atoms with Crippen LogP contribution in [0.25, 0.3) is 16.7 Å². The van der Waals surface area contributed by atoms with Gasteiger partial charge in [0.2, 0.25) is 5.95 Å². The molecule has 0 aliphatic carbocycles. The summed E-state index contributed by atoms with van der Waals surface area (Å²) in [6.45, 7) is 1.99. The fourth-order valence-electron chi connectivity index (χ4n) is 4.07. The predicted octanol–water partition coefficient (Wildman–Crippen LogP) is 5.82. The summed E-state index contributed by atoms with van der Waals surface area (Å²) in [5.74, 6) is -0.231. The Bertz CT molecular complexity index is 1340. The highest BCUT2D eigenvalue weighted by Gasteiger charge is 2.36. The van der Waals surface area contributed by atoms with Gasteiger partial charge in [-0.1, -0.05) is 35.9 Å². The zero-order chi connectivity index (χ0) is 22.2. The minimum absolute atomic E-state index is 0.226. The maximum absolute atomic E-state index is 13.6. The lowest BCUT2D eigenvalue weighted by atomic mass is 9.92. The Labute approximate surface area is 189 Å². The predicted molar refractivity (Wildman–Crippen MR) is 123 cm³/mol. The molecule has 3 aromatic carbocycles.